The van der Waals surface area contributed by atoms with Crippen molar-refractivity contribution in [1.29, 1.82) is 0 Å². The molecule has 0 saturated carbocycles. The third-order valence-corrected chi connectivity index (χ3v) is 4.22. The van der Waals surface area contributed by atoms with Crippen molar-refractivity contribution in [2.24, 2.45) is 5.92 Å². The first-order valence-electron chi connectivity index (χ1n) is 8.69. The van der Waals surface area contributed by atoms with Gasteiger partial charge in [0.1, 0.15) is 6.04 Å². The molecule has 5 heteroatoms. The van der Waals surface area contributed by atoms with Crippen molar-refractivity contribution in [2.75, 3.05) is 6.54 Å². The molecule has 0 bridgehead atoms. The van der Waals surface area contributed by atoms with E-state index < -0.39 is 6.04 Å². The highest BCUT2D eigenvalue weighted by Gasteiger charge is 2.27. The molecular formula is C19H29ClN2O2. The Morgan fingerprint density at radius 3 is 2.29 bits per heavy atom. The molecule has 4 nitrogen and oxygen atoms in total. The second kappa shape index (κ2) is 10.3. The van der Waals surface area contributed by atoms with Crippen molar-refractivity contribution in [2.45, 2.75) is 59.5 Å². The van der Waals surface area contributed by atoms with Crippen molar-refractivity contribution < 1.29 is 9.59 Å². The molecule has 0 spiro atoms. The number of benzene rings is 1. The summed E-state index contributed by atoms with van der Waals surface area (Å²) >= 11 is 5.91. The van der Waals surface area contributed by atoms with E-state index in [1.165, 1.54) is 0 Å². The maximum Gasteiger partial charge on any atom is 0.242 e. The van der Waals surface area contributed by atoms with Gasteiger partial charge in [0.15, 0.2) is 0 Å². The Bertz CT molecular complexity index is 529. The first-order chi connectivity index (χ1) is 11.4. The van der Waals surface area contributed by atoms with Crippen LogP contribution in [0.1, 0.15) is 52.5 Å². The van der Waals surface area contributed by atoms with Crippen LogP contribution in [-0.2, 0) is 16.1 Å². The molecule has 1 aromatic carbocycles. The molecule has 0 fully saturated rings. The van der Waals surface area contributed by atoms with Gasteiger partial charge in [-0.2, -0.15) is 0 Å². The van der Waals surface area contributed by atoms with Crippen LogP contribution >= 0.6 is 11.6 Å². The fraction of sp³-hybridized carbons (Fsp3) is 0.579. The Morgan fingerprint density at radius 2 is 1.75 bits per heavy atom. The van der Waals surface area contributed by atoms with Crippen LogP contribution in [0.4, 0.5) is 0 Å². The minimum absolute atomic E-state index is 0.0267. The quantitative estimate of drug-likeness (QED) is 0.682. The number of hydrogen-bond donors (Lipinski definition) is 1. The molecule has 1 N–H and O–H groups in total. The number of rotatable bonds is 9. The van der Waals surface area contributed by atoms with Gasteiger partial charge in [0.25, 0.3) is 0 Å². The van der Waals surface area contributed by atoms with Crippen molar-refractivity contribution >= 4 is 23.4 Å². The van der Waals surface area contributed by atoms with Crippen molar-refractivity contribution in [3.63, 3.8) is 0 Å². The summed E-state index contributed by atoms with van der Waals surface area (Å²) in [5.74, 6) is -0.289. The summed E-state index contributed by atoms with van der Waals surface area (Å²) in [6.45, 7) is 8.66. The molecule has 0 heterocycles. The van der Waals surface area contributed by atoms with E-state index >= 15 is 0 Å². The van der Waals surface area contributed by atoms with Gasteiger partial charge in [0.2, 0.25) is 11.8 Å². The Balaban J connectivity index is 2.78. The molecule has 2 amide bonds. The maximum atomic E-state index is 12.6. The first kappa shape index (κ1) is 20.5. The Hall–Kier alpha value is -1.55. The molecule has 134 valence electrons. The first-order valence-corrected chi connectivity index (χ1v) is 9.07. The summed E-state index contributed by atoms with van der Waals surface area (Å²) in [6.07, 6.45) is 3.16. The standard InChI is InChI=1S/C19H29ClN2O2/c1-5-6-7-12-21-18(23)15(4)22(19(24)14(2)3)13-16-8-10-17(20)11-9-16/h8-11,14-15H,5-7,12-13H2,1-4H3,(H,21,23)/t15-/m1/s1. The molecule has 0 aromatic heterocycles. The largest absolute Gasteiger partial charge is 0.354 e. The van der Waals surface area contributed by atoms with Gasteiger partial charge in [-0.05, 0) is 31.0 Å². The molecule has 1 rings (SSSR count). The third kappa shape index (κ3) is 6.52. The lowest BCUT2D eigenvalue weighted by Crippen LogP contribution is -2.49. The van der Waals surface area contributed by atoms with Crippen LogP contribution < -0.4 is 5.32 Å². The fourth-order valence-electron chi connectivity index (χ4n) is 2.40. The summed E-state index contributed by atoms with van der Waals surface area (Å²) in [4.78, 5) is 26.6. The monoisotopic (exact) mass is 352 g/mol. The summed E-state index contributed by atoms with van der Waals surface area (Å²) < 4.78 is 0. The second-order valence-corrected chi connectivity index (χ2v) is 6.86. The lowest BCUT2D eigenvalue weighted by Gasteiger charge is -2.30. The summed E-state index contributed by atoms with van der Waals surface area (Å²) in [5, 5.41) is 3.59. The van der Waals surface area contributed by atoms with Crippen LogP contribution in [0.25, 0.3) is 0 Å². The predicted molar refractivity (Wildman–Crippen MR) is 98.8 cm³/mol. The SMILES string of the molecule is CCCCCNC(=O)[C@@H](C)N(Cc1ccc(Cl)cc1)C(=O)C(C)C. The van der Waals surface area contributed by atoms with E-state index in [2.05, 4.69) is 12.2 Å². The van der Waals surface area contributed by atoms with Gasteiger partial charge in [-0.1, -0.05) is 57.3 Å². The van der Waals surface area contributed by atoms with Gasteiger partial charge >= 0.3 is 0 Å². The minimum atomic E-state index is -0.503. The molecule has 0 aliphatic heterocycles. The average molecular weight is 353 g/mol. The van der Waals surface area contributed by atoms with E-state index in [-0.39, 0.29) is 17.7 Å². The topological polar surface area (TPSA) is 49.4 Å². The van der Waals surface area contributed by atoms with Crippen LogP contribution in [0.3, 0.4) is 0 Å². The highest BCUT2D eigenvalue weighted by Crippen LogP contribution is 2.15. The zero-order valence-corrected chi connectivity index (χ0v) is 15.9. The third-order valence-electron chi connectivity index (χ3n) is 3.97. The molecule has 1 aromatic rings. The van der Waals surface area contributed by atoms with Gasteiger partial charge < -0.3 is 10.2 Å². The fourth-order valence-corrected chi connectivity index (χ4v) is 2.53. The van der Waals surface area contributed by atoms with Crippen LogP contribution in [0.15, 0.2) is 24.3 Å². The van der Waals surface area contributed by atoms with Crippen molar-refractivity contribution in [3.8, 4) is 0 Å². The molecule has 0 radical (unpaired) electrons. The number of nitrogens with one attached hydrogen (secondary N) is 1. The van der Waals surface area contributed by atoms with Gasteiger partial charge in [0, 0.05) is 24.0 Å². The number of halogens is 1. The zero-order valence-electron chi connectivity index (χ0n) is 15.1. The normalized spacial score (nSPS) is 12.1. The Labute approximate surface area is 150 Å². The number of unbranched alkanes of at least 4 members (excludes halogenated alkanes) is 2. The molecule has 0 saturated heterocycles. The van der Waals surface area contributed by atoms with Crippen LogP contribution in [0, 0.1) is 5.92 Å². The van der Waals surface area contributed by atoms with Crippen LogP contribution in [0.2, 0.25) is 5.02 Å². The van der Waals surface area contributed by atoms with Crippen molar-refractivity contribution in [1.82, 2.24) is 10.2 Å². The minimum Gasteiger partial charge on any atom is -0.354 e. The van der Waals surface area contributed by atoms with Gasteiger partial charge in [0.05, 0.1) is 0 Å². The van der Waals surface area contributed by atoms with Crippen LogP contribution in [-0.4, -0.2) is 29.3 Å². The smallest absolute Gasteiger partial charge is 0.242 e. The molecule has 0 aliphatic rings. The number of carbonyl (C=O) groups excluding carboxylic acids is 2. The lowest BCUT2D eigenvalue weighted by molar-refractivity contribution is -0.143. The van der Waals surface area contributed by atoms with E-state index in [9.17, 15) is 9.59 Å². The van der Waals surface area contributed by atoms with Crippen molar-refractivity contribution in [3.05, 3.63) is 34.9 Å². The van der Waals surface area contributed by atoms with E-state index in [4.69, 9.17) is 11.6 Å². The second-order valence-electron chi connectivity index (χ2n) is 6.42. The van der Waals surface area contributed by atoms with E-state index in [1.807, 2.05) is 26.0 Å². The number of hydrogen-bond acceptors (Lipinski definition) is 2. The van der Waals surface area contributed by atoms with Gasteiger partial charge in [-0.15, -0.1) is 0 Å². The van der Waals surface area contributed by atoms with E-state index in [0.29, 0.717) is 18.1 Å². The summed E-state index contributed by atoms with van der Waals surface area (Å²) in [7, 11) is 0. The predicted octanol–water partition coefficient (Wildman–Crippen LogP) is 4.02. The van der Waals surface area contributed by atoms with E-state index in [1.54, 1.807) is 24.0 Å². The van der Waals surface area contributed by atoms with Gasteiger partial charge in [-0.3, -0.25) is 9.59 Å². The zero-order chi connectivity index (χ0) is 18.1. The highest BCUT2D eigenvalue weighted by molar-refractivity contribution is 6.30. The molecule has 24 heavy (non-hydrogen) atoms. The Morgan fingerprint density at radius 1 is 1.12 bits per heavy atom. The van der Waals surface area contributed by atoms with Gasteiger partial charge in [-0.25, -0.2) is 0 Å². The molecule has 0 aliphatic carbocycles. The lowest BCUT2D eigenvalue weighted by atomic mass is 10.1. The molecular weight excluding hydrogens is 324 g/mol. The maximum absolute atomic E-state index is 12.6. The number of amides is 2. The molecule has 1 atom stereocenters. The number of carbonyl (C=O) groups is 2. The summed E-state index contributed by atoms with van der Waals surface area (Å²) in [5.41, 5.74) is 0.957. The highest BCUT2D eigenvalue weighted by atomic mass is 35.5. The Kier molecular flexibility index (Phi) is 8.83. The van der Waals surface area contributed by atoms with Crippen LogP contribution in [0.5, 0.6) is 0 Å². The van der Waals surface area contributed by atoms with E-state index in [0.717, 1.165) is 24.8 Å². The average Bonchev–Trinajstić information content (AvgIpc) is 2.56. The molecule has 0 unspecified atom stereocenters. The number of nitrogens with zero attached hydrogens (tertiary/aromatic N) is 1. The summed E-state index contributed by atoms with van der Waals surface area (Å²) in [6, 6.07) is 6.86.